The Morgan fingerprint density at radius 1 is 1.14 bits per heavy atom. The van der Waals surface area contributed by atoms with Gasteiger partial charge in [0.15, 0.2) is 0 Å². The average Bonchev–Trinajstić information content (AvgIpc) is 3.12. The molecule has 2 aromatic rings. The number of amides is 1. The molecule has 10 heteroatoms. The zero-order valence-electron chi connectivity index (χ0n) is 20.6. The largest absolute Gasteiger partial charge is 0.368 e. The molecular formula is C26H28FN5O2S2. The predicted molar refractivity (Wildman–Crippen MR) is 147 cm³/mol. The molecule has 2 fully saturated rings. The Morgan fingerprint density at radius 2 is 1.78 bits per heavy atom. The van der Waals surface area contributed by atoms with Crippen molar-refractivity contribution in [1.29, 1.82) is 5.26 Å². The van der Waals surface area contributed by atoms with Crippen molar-refractivity contribution in [2.24, 2.45) is 0 Å². The number of likely N-dealkylation sites (N-methyl/N-ethyl adjacent to an activating group) is 1. The van der Waals surface area contributed by atoms with E-state index in [1.807, 2.05) is 0 Å². The van der Waals surface area contributed by atoms with Crippen molar-refractivity contribution in [2.45, 2.75) is 33.2 Å². The van der Waals surface area contributed by atoms with Gasteiger partial charge in [-0.1, -0.05) is 37.3 Å². The zero-order valence-corrected chi connectivity index (χ0v) is 22.2. The molecule has 1 amide bonds. The van der Waals surface area contributed by atoms with Crippen LogP contribution in [-0.2, 0) is 11.3 Å². The van der Waals surface area contributed by atoms with Crippen LogP contribution in [0.15, 0.2) is 34.0 Å². The van der Waals surface area contributed by atoms with Gasteiger partial charge >= 0.3 is 0 Å². The van der Waals surface area contributed by atoms with Crippen molar-refractivity contribution >= 4 is 51.8 Å². The van der Waals surface area contributed by atoms with Gasteiger partial charge < -0.3 is 9.80 Å². The fraction of sp³-hybridized carbons (Fsp3) is 0.385. The van der Waals surface area contributed by atoms with Crippen molar-refractivity contribution in [3.63, 3.8) is 0 Å². The first kappa shape index (κ1) is 25.9. The lowest BCUT2D eigenvalue weighted by Gasteiger charge is -2.39. The number of hydrogen-bond donors (Lipinski definition) is 0. The number of aromatic nitrogens is 1. The van der Waals surface area contributed by atoms with Gasteiger partial charge in [0.1, 0.15) is 27.6 Å². The number of piperazine rings is 1. The molecule has 188 valence electrons. The van der Waals surface area contributed by atoms with Gasteiger partial charge in [-0.25, -0.2) is 4.39 Å². The molecule has 0 N–H and O–H groups in total. The summed E-state index contributed by atoms with van der Waals surface area (Å²) in [5.74, 6) is 0.263. The third-order valence-electron chi connectivity index (χ3n) is 6.61. The number of halogens is 1. The Hall–Kier alpha value is -3.16. The summed E-state index contributed by atoms with van der Waals surface area (Å²) < 4.78 is 15.6. The second kappa shape index (κ2) is 10.8. The summed E-state index contributed by atoms with van der Waals surface area (Å²) in [6.45, 7) is 6.92. The molecule has 36 heavy (non-hydrogen) atoms. The average molecular weight is 526 g/mol. The summed E-state index contributed by atoms with van der Waals surface area (Å²) in [5, 5.41) is 9.82. The molecule has 2 aliphatic heterocycles. The molecule has 3 heterocycles. The third kappa shape index (κ3) is 4.90. The van der Waals surface area contributed by atoms with E-state index in [1.165, 1.54) is 28.8 Å². The van der Waals surface area contributed by atoms with Gasteiger partial charge in [0.05, 0.1) is 4.91 Å². The van der Waals surface area contributed by atoms with Gasteiger partial charge in [-0.05, 0) is 49.2 Å². The predicted octanol–water partition coefficient (Wildman–Crippen LogP) is 4.13. The van der Waals surface area contributed by atoms with E-state index >= 15 is 0 Å². The van der Waals surface area contributed by atoms with E-state index in [2.05, 4.69) is 22.8 Å². The minimum Gasteiger partial charge on any atom is -0.368 e. The summed E-state index contributed by atoms with van der Waals surface area (Å²) in [4.78, 5) is 32.4. The lowest BCUT2D eigenvalue weighted by Crippen LogP contribution is -2.48. The molecular weight excluding hydrogens is 497 g/mol. The molecule has 1 aromatic heterocycles. The Kier molecular flexibility index (Phi) is 7.81. The molecule has 0 aliphatic carbocycles. The maximum absolute atomic E-state index is 13.4. The number of unbranched alkanes of at least 4 members (excludes halogenated alkanes) is 1. The zero-order chi connectivity index (χ0) is 26.0. The summed E-state index contributed by atoms with van der Waals surface area (Å²) in [6, 6.07) is 8.54. The highest BCUT2D eigenvalue weighted by atomic mass is 32.2. The number of pyridine rings is 1. The first-order valence-corrected chi connectivity index (χ1v) is 13.1. The van der Waals surface area contributed by atoms with Crippen molar-refractivity contribution in [3.05, 3.63) is 62.0 Å². The molecule has 0 unspecified atom stereocenters. The molecule has 7 nitrogen and oxygen atoms in total. The van der Waals surface area contributed by atoms with E-state index < -0.39 is 0 Å². The smallest absolute Gasteiger partial charge is 0.270 e. The summed E-state index contributed by atoms with van der Waals surface area (Å²) in [7, 11) is 1.64. The highest BCUT2D eigenvalue weighted by molar-refractivity contribution is 8.26. The van der Waals surface area contributed by atoms with E-state index in [1.54, 1.807) is 36.7 Å². The summed E-state index contributed by atoms with van der Waals surface area (Å²) in [6.07, 6.45) is 3.46. The van der Waals surface area contributed by atoms with Crippen LogP contribution in [0.25, 0.3) is 6.08 Å². The van der Waals surface area contributed by atoms with Gasteiger partial charge in [0, 0.05) is 51.0 Å². The van der Waals surface area contributed by atoms with Crippen LogP contribution in [0.2, 0.25) is 0 Å². The number of carbonyl (C=O) groups is 1. The van der Waals surface area contributed by atoms with Crippen LogP contribution in [-0.4, -0.2) is 52.9 Å². The van der Waals surface area contributed by atoms with E-state index in [0.717, 1.165) is 24.3 Å². The Labute approximate surface area is 219 Å². The molecule has 0 radical (unpaired) electrons. The van der Waals surface area contributed by atoms with E-state index in [0.29, 0.717) is 53.1 Å². The Bertz CT molecular complexity index is 1320. The number of hydrogen-bond acceptors (Lipinski definition) is 7. The second-order valence-corrected chi connectivity index (χ2v) is 10.5. The number of benzene rings is 1. The van der Waals surface area contributed by atoms with Gasteiger partial charge in [-0.2, -0.15) is 5.26 Å². The van der Waals surface area contributed by atoms with Gasteiger partial charge in [-0.3, -0.25) is 19.1 Å². The molecule has 0 spiro atoms. The molecule has 1 aromatic carbocycles. The van der Waals surface area contributed by atoms with Gasteiger partial charge in [0.25, 0.3) is 11.5 Å². The first-order chi connectivity index (χ1) is 17.3. The lowest BCUT2D eigenvalue weighted by molar-refractivity contribution is -0.121. The fourth-order valence-electron chi connectivity index (χ4n) is 4.51. The molecule has 0 saturated carbocycles. The number of carbonyl (C=O) groups excluding carboxylic acids is 1. The number of anilines is 2. The maximum Gasteiger partial charge on any atom is 0.270 e. The quantitative estimate of drug-likeness (QED) is 0.415. The number of thioether (sulfide) groups is 1. The van der Waals surface area contributed by atoms with Crippen molar-refractivity contribution in [2.75, 3.05) is 43.0 Å². The monoisotopic (exact) mass is 525 g/mol. The third-order valence-corrected chi connectivity index (χ3v) is 8.10. The van der Waals surface area contributed by atoms with Gasteiger partial charge in [0.2, 0.25) is 0 Å². The molecule has 2 saturated heterocycles. The van der Waals surface area contributed by atoms with Crippen molar-refractivity contribution in [1.82, 2.24) is 9.47 Å². The van der Waals surface area contributed by atoms with Crippen LogP contribution in [0, 0.1) is 24.1 Å². The number of nitriles is 1. The second-order valence-electron chi connectivity index (χ2n) is 8.85. The number of nitrogens with zero attached hydrogens (tertiary/aromatic N) is 5. The fourth-order valence-corrected chi connectivity index (χ4v) is 5.67. The maximum atomic E-state index is 13.4. The van der Waals surface area contributed by atoms with Crippen LogP contribution in [0.1, 0.15) is 36.5 Å². The SMILES string of the molecule is CCCCn1c(N2CCN(c3ccc(F)cc3)CC2)c(/C=C2/SC(=S)N(C)C2=O)c(C)c(C#N)c1=O. The van der Waals surface area contributed by atoms with Crippen molar-refractivity contribution in [3.8, 4) is 6.07 Å². The Balaban J connectivity index is 1.79. The van der Waals surface area contributed by atoms with Crippen LogP contribution in [0.3, 0.4) is 0 Å². The normalized spacial score (nSPS) is 17.3. The first-order valence-electron chi connectivity index (χ1n) is 11.9. The standard InChI is InChI=1S/C26H28FN5O2S2/c1-4-5-10-32-23(31-13-11-30(12-14-31)19-8-6-18(27)7-9-19)20(17(2)21(16-28)24(32)33)15-22-25(34)29(3)26(35)36-22/h6-9,15H,4-5,10-14H2,1-3H3/b22-15+. The van der Waals surface area contributed by atoms with E-state index in [9.17, 15) is 19.2 Å². The summed E-state index contributed by atoms with van der Waals surface area (Å²) >= 11 is 6.53. The van der Waals surface area contributed by atoms with Gasteiger partial charge in [-0.15, -0.1) is 0 Å². The Morgan fingerprint density at radius 3 is 2.33 bits per heavy atom. The van der Waals surface area contributed by atoms with E-state index in [-0.39, 0.29) is 22.8 Å². The summed E-state index contributed by atoms with van der Waals surface area (Å²) in [5.41, 5.74) is 2.00. The molecule has 4 rings (SSSR count). The van der Waals surface area contributed by atoms with Crippen LogP contribution < -0.4 is 15.4 Å². The molecule has 2 aliphatic rings. The van der Waals surface area contributed by atoms with Crippen LogP contribution in [0.4, 0.5) is 15.9 Å². The minimum atomic E-state index is -0.306. The highest BCUT2D eigenvalue weighted by Crippen LogP contribution is 2.35. The number of thiocarbonyl (C=S) groups is 1. The van der Waals surface area contributed by atoms with Crippen LogP contribution in [0.5, 0.6) is 0 Å². The molecule has 0 atom stereocenters. The van der Waals surface area contributed by atoms with E-state index in [4.69, 9.17) is 12.2 Å². The topological polar surface area (TPSA) is 72.6 Å². The molecule has 0 bridgehead atoms. The van der Waals surface area contributed by atoms with Crippen molar-refractivity contribution < 1.29 is 9.18 Å². The highest BCUT2D eigenvalue weighted by Gasteiger charge is 2.31. The number of rotatable bonds is 6. The minimum absolute atomic E-state index is 0.0954. The van der Waals surface area contributed by atoms with Crippen LogP contribution >= 0.6 is 24.0 Å². The lowest BCUT2D eigenvalue weighted by atomic mass is 10.0.